The molecular weight excluding hydrogens is 819 g/mol. The molecule has 4 heterocycles. The maximum Gasteiger partial charge on any atom is 0.220 e. The second-order valence-corrected chi connectivity index (χ2v) is 17.2. The molecule has 0 bridgehead atoms. The fourth-order valence-electron chi connectivity index (χ4n) is 11.1. The summed E-state index contributed by atoms with van der Waals surface area (Å²) in [5.41, 5.74) is 12.6. The normalized spacial score (nSPS) is 11.9. The van der Waals surface area contributed by atoms with Gasteiger partial charge in [-0.3, -0.25) is 4.98 Å². The topological polar surface area (TPSA) is 64.0 Å². The van der Waals surface area contributed by atoms with Crippen LogP contribution in [0.5, 0.6) is 0 Å². The summed E-state index contributed by atoms with van der Waals surface area (Å²) >= 11 is 0. The number of pyridine rings is 1. The Balaban J connectivity index is 1.18. The summed E-state index contributed by atoms with van der Waals surface area (Å²) in [6.45, 7) is 9.20. The van der Waals surface area contributed by atoms with Crippen LogP contribution in [0.15, 0.2) is 205 Å². The lowest BCUT2D eigenvalue weighted by Gasteiger charge is -2.25. The van der Waals surface area contributed by atoms with Crippen molar-refractivity contribution in [3.8, 4) is 50.8 Å². The van der Waals surface area contributed by atoms with Crippen molar-refractivity contribution in [2.75, 3.05) is 0 Å². The monoisotopic (exact) mass is 851 g/mol. The number of para-hydroxylation sites is 3. The third kappa shape index (κ3) is 5.04. The van der Waals surface area contributed by atoms with Crippen LogP contribution in [0.2, 0.25) is 0 Å². The number of nitriles is 1. The Kier molecular flexibility index (Phi) is 7.72. The lowest BCUT2D eigenvalue weighted by atomic mass is 9.88. The van der Waals surface area contributed by atoms with Crippen molar-refractivity contribution in [2.24, 2.45) is 0 Å². The van der Waals surface area contributed by atoms with Gasteiger partial charge >= 0.3 is 0 Å². The van der Waals surface area contributed by atoms with E-state index in [0.717, 1.165) is 115 Å². The van der Waals surface area contributed by atoms with Gasteiger partial charge in [0.15, 0.2) is 0 Å². The molecule has 0 N–H and O–H groups in total. The van der Waals surface area contributed by atoms with Gasteiger partial charge in [-0.2, -0.15) is 5.26 Å². The Bertz CT molecular complexity index is 4380. The van der Waals surface area contributed by atoms with E-state index >= 15 is 0 Å². The fraction of sp³-hybridized carbons (Fsp3) is 0. The molecular formula is C61H33N5O. The third-order valence-corrected chi connectivity index (χ3v) is 13.8. The third-order valence-electron chi connectivity index (χ3n) is 13.8. The van der Waals surface area contributed by atoms with Gasteiger partial charge in [0.2, 0.25) is 5.69 Å². The summed E-state index contributed by atoms with van der Waals surface area (Å²) in [7, 11) is 0. The maximum absolute atomic E-state index is 11.8. The van der Waals surface area contributed by atoms with E-state index in [2.05, 4.69) is 141 Å². The van der Waals surface area contributed by atoms with Crippen molar-refractivity contribution in [3.05, 3.63) is 217 Å². The molecule has 0 unspecified atom stereocenters. The zero-order chi connectivity index (χ0) is 44.3. The molecule has 14 rings (SSSR count). The molecule has 4 aromatic heterocycles. The minimum Gasteiger partial charge on any atom is -0.455 e. The van der Waals surface area contributed by atoms with Crippen molar-refractivity contribution >= 4 is 92.8 Å². The second kappa shape index (κ2) is 14.0. The summed E-state index contributed by atoms with van der Waals surface area (Å²) in [5, 5.41) is 22.7. The Morgan fingerprint density at radius 1 is 0.463 bits per heavy atom. The molecule has 67 heavy (non-hydrogen) atoms. The number of fused-ring (bicyclic) bond motifs is 9. The summed E-state index contributed by atoms with van der Waals surface area (Å²) in [4.78, 5) is 9.40. The summed E-state index contributed by atoms with van der Waals surface area (Å²) in [6.07, 6.45) is 3.90. The molecule has 14 aromatic rings. The van der Waals surface area contributed by atoms with Crippen LogP contribution in [-0.2, 0) is 0 Å². The van der Waals surface area contributed by atoms with E-state index < -0.39 is 0 Å². The van der Waals surface area contributed by atoms with Crippen molar-refractivity contribution in [3.63, 3.8) is 0 Å². The van der Waals surface area contributed by atoms with Gasteiger partial charge in [0.1, 0.15) is 17.2 Å². The highest BCUT2D eigenvalue weighted by molar-refractivity contribution is 6.34. The Hall–Kier alpha value is -9.49. The van der Waals surface area contributed by atoms with Crippen LogP contribution in [0.25, 0.3) is 137 Å². The molecule has 0 saturated carbocycles. The lowest BCUT2D eigenvalue weighted by molar-refractivity contribution is 0.670. The number of furan rings is 1. The highest BCUT2D eigenvalue weighted by Crippen LogP contribution is 2.53. The molecule has 0 saturated heterocycles. The first-order chi connectivity index (χ1) is 33.2. The van der Waals surface area contributed by atoms with E-state index in [4.69, 9.17) is 9.40 Å². The smallest absolute Gasteiger partial charge is 0.220 e. The molecule has 0 radical (unpaired) electrons. The quantitative estimate of drug-likeness (QED) is 0.128. The van der Waals surface area contributed by atoms with E-state index in [-0.39, 0.29) is 0 Å². The summed E-state index contributed by atoms with van der Waals surface area (Å²) in [5.74, 6) is 0. The second-order valence-electron chi connectivity index (χ2n) is 17.2. The van der Waals surface area contributed by atoms with E-state index in [9.17, 15) is 11.8 Å². The fourth-order valence-corrected chi connectivity index (χ4v) is 11.1. The molecule has 0 aliphatic carbocycles. The molecule has 308 valence electrons. The molecule has 6 nitrogen and oxygen atoms in total. The van der Waals surface area contributed by atoms with Crippen LogP contribution in [-0.4, -0.2) is 14.1 Å². The number of benzene rings is 10. The number of hydrogen-bond donors (Lipinski definition) is 0. The van der Waals surface area contributed by atoms with E-state index in [1.165, 1.54) is 0 Å². The molecule has 0 amide bonds. The van der Waals surface area contributed by atoms with Crippen molar-refractivity contribution in [2.45, 2.75) is 0 Å². The average Bonchev–Trinajstić information content (AvgIpc) is 4.06. The summed E-state index contributed by atoms with van der Waals surface area (Å²) in [6, 6.07) is 67.4. The molecule has 0 spiro atoms. The number of hydrogen-bond acceptors (Lipinski definition) is 3. The van der Waals surface area contributed by atoms with Gasteiger partial charge in [-0.25, -0.2) is 4.85 Å². The number of aromatic nitrogens is 3. The highest BCUT2D eigenvalue weighted by atomic mass is 16.3. The SMILES string of the molecule is [C-]#[N+]c1c(-c2ccccc2)c(C#N)c(-n2c3ccccc3c3cc(-c4cccc5c4oc4ccccc45)ccc32)c(-c2ccccc2)c1-n1c2cccc3c4ccccc4c4cncc1c4c32. The Morgan fingerprint density at radius 2 is 1.06 bits per heavy atom. The summed E-state index contributed by atoms with van der Waals surface area (Å²) < 4.78 is 11.1. The molecule has 0 aliphatic heterocycles. The Labute approximate surface area is 383 Å². The van der Waals surface area contributed by atoms with Crippen LogP contribution in [0.4, 0.5) is 5.69 Å². The minimum atomic E-state index is 0.388. The standard InChI is InChI=1S/C61H33N5O/c1-63-58-54(36-16-4-2-5-17-36)47(33-62)59(65-49-27-12-10-22-42(49)46-32-38(30-31-50(46)65)39-24-14-26-45-43-23-11-13-29-53(43)67-61(39)45)55(37-18-6-3-7-19-37)60(58)66-51-28-15-25-44-40-20-8-9-21-41(40)48-34-64-35-52(66)57(48)56(44)51/h2-32,34-35H. The van der Waals surface area contributed by atoms with Gasteiger partial charge in [-0.05, 0) is 63.2 Å². The average molecular weight is 852 g/mol. The molecule has 0 aliphatic rings. The number of rotatable bonds is 5. The van der Waals surface area contributed by atoms with E-state index in [1.54, 1.807) is 0 Å². The predicted octanol–water partition coefficient (Wildman–Crippen LogP) is 16.3. The van der Waals surface area contributed by atoms with Crippen molar-refractivity contribution < 1.29 is 4.42 Å². The van der Waals surface area contributed by atoms with Crippen LogP contribution in [0.3, 0.4) is 0 Å². The van der Waals surface area contributed by atoms with Gasteiger partial charge < -0.3 is 13.6 Å². The first-order valence-corrected chi connectivity index (χ1v) is 22.3. The number of nitrogens with zero attached hydrogens (tertiary/aromatic N) is 5. The van der Waals surface area contributed by atoms with Crippen molar-refractivity contribution in [1.29, 1.82) is 5.26 Å². The molecule has 6 heteroatoms. The van der Waals surface area contributed by atoms with Crippen LogP contribution < -0.4 is 0 Å². The van der Waals surface area contributed by atoms with E-state index in [1.807, 2.05) is 79.1 Å². The first-order valence-electron chi connectivity index (χ1n) is 22.3. The van der Waals surface area contributed by atoms with Crippen LogP contribution >= 0.6 is 0 Å². The largest absolute Gasteiger partial charge is 0.455 e. The zero-order valence-electron chi connectivity index (χ0n) is 35.7. The van der Waals surface area contributed by atoms with Crippen LogP contribution in [0.1, 0.15) is 5.56 Å². The Morgan fingerprint density at radius 3 is 1.84 bits per heavy atom. The molecule has 0 fully saturated rings. The van der Waals surface area contributed by atoms with Gasteiger partial charge in [0.05, 0.1) is 51.8 Å². The van der Waals surface area contributed by atoms with E-state index in [0.29, 0.717) is 28.2 Å². The van der Waals surface area contributed by atoms with Crippen LogP contribution in [0, 0.1) is 17.9 Å². The molecule has 10 aromatic carbocycles. The first kappa shape index (κ1) is 36.9. The lowest BCUT2D eigenvalue weighted by Crippen LogP contribution is -2.08. The predicted molar refractivity (Wildman–Crippen MR) is 274 cm³/mol. The van der Waals surface area contributed by atoms with Gasteiger partial charge in [-0.15, -0.1) is 0 Å². The van der Waals surface area contributed by atoms with Gasteiger partial charge in [0, 0.05) is 60.6 Å². The highest BCUT2D eigenvalue weighted by Gasteiger charge is 2.32. The zero-order valence-corrected chi connectivity index (χ0v) is 35.7. The van der Waals surface area contributed by atoms with Gasteiger partial charge in [-0.1, -0.05) is 158 Å². The molecule has 0 atom stereocenters. The minimum absolute atomic E-state index is 0.388. The van der Waals surface area contributed by atoms with Gasteiger partial charge in [0.25, 0.3) is 0 Å². The van der Waals surface area contributed by atoms with Crippen molar-refractivity contribution in [1.82, 2.24) is 14.1 Å². The maximum atomic E-state index is 11.8.